The summed E-state index contributed by atoms with van der Waals surface area (Å²) in [7, 11) is 0. The lowest BCUT2D eigenvalue weighted by Gasteiger charge is -2.23. The van der Waals surface area contributed by atoms with Crippen LogP contribution in [0.25, 0.3) is 0 Å². The molecule has 1 aliphatic rings. The van der Waals surface area contributed by atoms with Gasteiger partial charge in [-0.15, -0.1) is 0 Å². The fourth-order valence-electron chi connectivity index (χ4n) is 2.62. The largest absolute Gasteiger partial charge is 0.488 e. The standard InChI is InChI=1S/C18H29N3O2/c1-4-18(22,5-2)13-21-17(19-6-3)20-12-15-11-14-9-7-8-10-16(14)23-15/h7-10,15,22H,4-6,11-13H2,1-3H3,(H2,19,20,21). The molecule has 23 heavy (non-hydrogen) atoms. The number of para-hydroxylation sites is 1. The summed E-state index contributed by atoms with van der Waals surface area (Å²) in [6.07, 6.45) is 2.43. The molecule has 0 saturated carbocycles. The number of hydrogen-bond donors (Lipinski definition) is 3. The van der Waals surface area contributed by atoms with Gasteiger partial charge in [-0.1, -0.05) is 32.0 Å². The van der Waals surface area contributed by atoms with E-state index in [2.05, 4.69) is 21.7 Å². The van der Waals surface area contributed by atoms with E-state index in [1.807, 2.05) is 39.0 Å². The molecule has 1 aliphatic heterocycles. The van der Waals surface area contributed by atoms with Crippen LogP contribution in [0.4, 0.5) is 0 Å². The lowest BCUT2D eigenvalue weighted by Crippen LogP contribution is -2.43. The molecule has 0 aliphatic carbocycles. The van der Waals surface area contributed by atoms with Crippen molar-refractivity contribution < 1.29 is 9.84 Å². The van der Waals surface area contributed by atoms with Crippen LogP contribution in [0.3, 0.4) is 0 Å². The van der Waals surface area contributed by atoms with Gasteiger partial charge >= 0.3 is 0 Å². The minimum atomic E-state index is -0.720. The van der Waals surface area contributed by atoms with E-state index in [1.54, 1.807) is 0 Å². The van der Waals surface area contributed by atoms with E-state index in [0.29, 0.717) is 25.9 Å². The Hall–Kier alpha value is -1.75. The molecule has 0 amide bonds. The lowest BCUT2D eigenvalue weighted by molar-refractivity contribution is 0.0418. The van der Waals surface area contributed by atoms with Crippen LogP contribution in [0.5, 0.6) is 5.75 Å². The number of fused-ring (bicyclic) bond motifs is 1. The first-order valence-corrected chi connectivity index (χ1v) is 8.59. The zero-order valence-electron chi connectivity index (χ0n) is 14.4. The average Bonchev–Trinajstić information content (AvgIpc) is 3.00. The Morgan fingerprint density at radius 2 is 2.00 bits per heavy atom. The van der Waals surface area contributed by atoms with Crippen molar-refractivity contribution in [2.45, 2.75) is 51.7 Å². The third-order valence-corrected chi connectivity index (χ3v) is 4.40. The van der Waals surface area contributed by atoms with Crippen LogP contribution in [0, 0.1) is 0 Å². The van der Waals surface area contributed by atoms with Crippen LogP contribution in [0.2, 0.25) is 0 Å². The van der Waals surface area contributed by atoms with Crippen molar-refractivity contribution in [2.75, 3.05) is 19.6 Å². The Bertz CT molecular complexity index is 502. The molecule has 1 heterocycles. The molecular weight excluding hydrogens is 290 g/mol. The zero-order valence-corrected chi connectivity index (χ0v) is 14.4. The summed E-state index contributed by atoms with van der Waals surface area (Å²) < 4.78 is 5.93. The first-order chi connectivity index (χ1) is 11.1. The number of hydrogen-bond acceptors (Lipinski definition) is 3. The number of ether oxygens (including phenoxy) is 1. The van der Waals surface area contributed by atoms with Crippen LogP contribution >= 0.6 is 0 Å². The van der Waals surface area contributed by atoms with Gasteiger partial charge < -0.3 is 20.5 Å². The highest BCUT2D eigenvalue weighted by atomic mass is 16.5. The maximum Gasteiger partial charge on any atom is 0.191 e. The van der Waals surface area contributed by atoms with Gasteiger partial charge in [0.1, 0.15) is 11.9 Å². The molecule has 0 fully saturated rings. The fourth-order valence-corrected chi connectivity index (χ4v) is 2.62. The Kier molecular flexibility index (Phi) is 6.28. The van der Waals surface area contributed by atoms with Crippen molar-refractivity contribution in [1.82, 2.24) is 10.6 Å². The quantitative estimate of drug-likeness (QED) is 0.532. The molecule has 0 bridgehead atoms. The van der Waals surface area contributed by atoms with Gasteiger partial charge in [0, 0.05) is 13.0 Å². The predicted molar refractivity (Wildman–Crippen MR) is 94.1 cm³/mol. The van der Waals surface area contributed by atoms with E-state index >= 15 is 0 Å². The highest BCUT2D eigenvalue weighted by Crippen LogP contribution is 2.27. The second-order valence-corrected chi connectivity index (χ2v) is 6.06. The van der Waals surface area contributed by atoms with Crippen LogP contribution in [-0.4, -0.2) is 42.4 Å². The number of nitrogens with zero attached hydrogens (tertiary/aromatic N) is 1. The van der Waals surface area contributed by atoms with Crippen molar-refractivity contribution in [3.05, 3.63) is 29.8 Å². The Morgan fingerprint density at radius 3 is 2.65 bits per heavy atom. The number of rotatable bonds is 7. The van der Waals surface area contributed by atoms with Crippen LogP contribution < -0.4 is 15.4 Å². The number of aliphatic imine (C=N–C) groups is 1. The molecule has 5 nitrogen and oxygen atoms in total. The minimum Gasteiger partial charge on any atom is -0.488 e. The molecule has 0 aromatic heterocycles. The highest BCUT2D eigenvalue weighted by Gasteiger charge is 2.23. The van der Waals surface area contributed by atoms with E-state index in [9.17, 15) is 5.11 Å². The third kappa shape index (κ3) is 4.86. The molecule has 1 aromatic carbocycles. The van der Waals surface area contributed by atoms with E-state index in [-0.39, 0.29) is 6.10 Å². The highest BCUT2D eigenvalue weighted by molar-refractivity contribution is 5.79. The van der Waals surface area contributed by atoms with Crippen LogP contribution in [-0.2, 0) is 6.42 Å². The first kappa shape index (κ1) is 17.6. The van der Waals surface area contributed by atoms with Gasteiger partial charge in [-0.3, -0.25) is 4.99 Å². The predicted octanol–water partition coefficient (Wildman–Crippen LogP) is 2.10. The van der Waals surface area contributed by atoms with Crippen molar-refractivity contribution in [1.29, 1.82) is 0 Å². The Labute approximate surface area is 139 Å². The molecule has 0 saturated heterocycles. The molecule has 0 radical (unpaired) electrons. The summed E-state index contributed by atoms with van der Waals surface area (Å²) in [4.78, 5) is 4.53. The molecule has 1 unspecified atom stereocenters. The number of nitrogens with one attached hydrogen (secondary N) is 2. The fraction of sp³-hybridized carbons (Fsp3) is 0.611. The van der Waals surface area contributed by atoms with Gasteiger partial charge in [0.2, 0.25) is 0 Å². The SMILES string of the molecule is CCNC(=NCC(O)(CC)CC)NCC1Cc2ccccc2O1. The monoisotopic (exact) mass is 319 g/mol. The summed E-state index contributed by atoms with van der Waals surface area (Å²) in [6, 6.07) is 8.16. The molecule has 3 N–H and O–H groups in total. The number of aliphatic hydroxyl groups is 1. The van der Waals surface area contributed by atoms with Gasteiger partial charge in [0.25, 0.3) is 0 Å². The normalized spacial score (nSPS) is 17.6. The van der Waals surface area contributed by atoms with Crippen LogP contribution in [0.1, 0.15) is 39.2 Å². The maximum absolute atomic E-state index is 10.4. The Morgan fingerprint density at radius 1 is 1.26 bits per heavy atom. The van der Waals surface area contributed by atoms with Gasteiger partial charge in [-0.25, -0.2) is 0 Å². The number of benzene rings is 1. The molecule has 0 spiro atoms. The van der Waals surface area contributed by atoms with Gasteiger partial charge in [0.05, 0.1) is 18.7 Å². The summed E-state index contributed by atoms with van der Waals surface area (Å²) >= 11 is 0. The molecule has 2 rings (SSSR count). The van der Waals surface area contributed by atoms with Crippen molar-refractivity contribution in [3.63, 3.8) is 0 Å². The summed E-state index contributed by atoms with van der Waals surface area (Å²) in [5.41, 5.74) is 0.537. The van der Waals surface area contributed by atoms with Crippen LogP contribution in [0.15, 0.2) is 29.3 Å². The van der Waals surface area contributed by atoms with E-state index < -0.39 is 5.60 Å². The second-order valence-electron chi connectivity index (χ2n) is 6.06. The molecule has 5 heteroatoms. The zero-order chi connectivity index (χ0) is 16.7. The molecular formula is C18H29N3O2. The summed E-state index contributed by atoms with van der Waals surface area (Å²) in [5.74, 6) is 1.71. The minimum absolute atomic E-state index is 0.118. The molecule has 1 aromatic rings. The Balaban J connectivity index is 1.88. The third-order valence-electron chi connectivity index (χ3n) is 4.40. The molecule has 1 atom stereocenters. The smallest absolute Gasteiger partial charge is 0.191 e. The van der Waals surface area contributed by atoms with Gasteiger partial charge in [-0.05, 0) is 31.4 Å². The van der Waals surface area contributed by atoms with E-state index in [0.717, 1.165) is 24.7 Å². The van der Waals surface area contributed by atoms with Crippen molar-refractivity contribution in [2.24, 2.45) is 4.99 Å². The first-order valence-electron chi connectivity index (χ1n) is 8.59. The summed E-state index contributed by atoms with van der Waals surface area (Å²) in [5, 5.41) is 16.9. The number of guanidine groups is 1. The lowest BCUT2D eigenvalue weighted by atomic mass is 9.98. The van der Waals surface area contributed by atoms with Gasteiger partial charge in [0.15, 0.2) is 5.96 Å². The maximum atomic E-state index is 10.4. The van der Waals surface area contributed by atoms with E-state index in [4.69, 9.17) is 4.74 Å². The summed E-state index contributed by atoms with van der Waals surface area (Å²) in [6.45, 7) is 7.89. The van der Waals surface area contributed by atoms with Gasteiger partial charge in [-0.2, -0.15) is 0 Å². The molecule has 128 valence electrons. The van der Waals surface area contributed by atoms with E-state index in [1.165, 1.54) is 5.56 Å². The second kappa shape index (κ2) is 8.20. The van der Waals surface area contributed by atoms with Crippen molar-refractivity contribution >= 4 is 5.96 Å². The topological polar surface area (TPSA) is 65.9 Å². The average molecular weight is 319 g/mol. The van der Waals surface area contributed by atoms with Crippen molar-refractivity contribution in [3.8, 4) is 5.75 Å².